The maximum absolute atomic E-state index is 13.2. The minimum atomic E-state index is -0.547. The maximum Gasteiger partial charge on any atom is 0.338 e. The molecule has 2 rings (SSSR count). The molecule has 0 N–H and O–H groups in total. The SMILES string of the molecule is COC(=O)c1ccnc2c(Cl)cc(F)cc12. The number of hydrogen-bond acceptors (Lipinski definition) is 3. The molecular formula is C11H7ClFNO2. The van der Waals surface area contributed by atoms with E-state index in [1.165, 1.54) is 25.4 Å². The molecule has 0 saturated heterocycles. The summed E-state index contributed by atoms with van der Waals surface area (Å²) >= 11 is 5.83. The number of methoxy groups -OCH3 is 1. The summed E-state index contributed by atoms with van der Waals surface area (Å²) in [5.74, 6) is -1.07. The summed E-state index contributed by atoms with van der Waals surface area (Å²) in [5, 5.41) is 0.514. The predicted octanol–water partition coefficient (Wildman–Crippen LogP) is 2.81. The first-order chi connectivity index (χ1) is 7.63. The zero-order chi connectivity index (χ0) is 11.7. The molecule has 0 spiro atoms. The van der Waals surface area contributed by atoms with Gasteiger partial charge in [-0.3, -0.25) is 4.98 Å². The van der Waals surface area contributed by atoms with E-state index in [1.54, 1.807) is 0 Å². The van der Waals surface area contributed by atoms with Gasteiger partial charge < -0.3 is 4.74 Å². The van der Waals surface area contributed by atoms with E-state index < -0.39 is 11.8 Å². The molecule has 0 atom stereocenters. The Morgan fingerprint density at radius 1 is 1.50 bits per heavy atom. The molecule has 16 heavy (non-hydrogen) atoms. The molecule has 0 saturated carbocycles. The van der Waals surface area contributed by atoms with Crippen LogP contribution in [0, 0.1) is 5.82 Å². The Bertz CT molecular complexity index is 571. The Morgan fingerprint density at radius 2 is 2.25 bits per heavy atom. The molecule has 1 aromatic carbocycles. The van der Waals surface area contributed by atoms with Crippen LogP contribution in [-0.2, 0) is 4.74 Å². The third-order valence-electron chi connectivity index (χ3n) is 2.17. The second-order valence-electron chi connectivity index (χ2n) is 3.13. The van der Waals surface area contributed by atoms with Crippen LogP contribution >= 0.6 is 11.6 Å². The van der Waals surface area contributed by atoms with E-state index >= 15 is 0 Å². The molecule has 1 heterocycles. The van der Waals surface area contributed by atoms with Crippen molar-refractivity contribution < 1.29 is 13.9 Å². The number of carbonyl (C=O) groups excluding carboxylic acids is 1. The highest BCUT2D eigenvalue weighted by Gasteiger charge is 2.13. The summed E-state index contributed by atoms with van der Waals surface area (Å²) in [5.41, 5.74) is 0.625. The van der Waals surface area contributed by atoms with Crippen LogP contribution in [0.4, 0.5) is 4.39 Å². The van der Waals surface area contributed by atoms with Crippen LogP contribution < -0.4 is 0 Å². The Balaban J connectivity index is 2.81. The number of pyridine rings is 1. The molecule has 0 aliphatic heterocycles. The minimum absolute atomic E-state index is 0.167. The first-order valence-electron chi connectivity index (χ1n) is 4.45. The monoisotopic (exact) mass is 239 g/mol. The van der Waals surface area contributed by atoms with E-state index in [1.807, 2.05) is 0 Å². The highest BCUT2D eigenvalue weighted by atomic mass is 35.5. The van der Waals surface area contributed by atoms with Gasteiger partial charge in [-0.15, -0.1) is 0 Å². The third-order valence-corrected chi connectivity index (χ3v) is 2.46. The van der Waals surface area contributed by atoms with E-state index in [-0.39, 0.29) is 10.6 Å². The summed E-state index contributed by atoms with van der Waals surface area (Å²) in [4.78, 5) is 15.4. The smallest absolute Gasteiger partial charge is 0.338 e. The number of benzene rings is 1. The number of rotatable bonds is 1. The van der Waals surface area contributed by atoms with E-state index in [0.717, 1.165) is 6.07 Å². The molecule has 82 valence electrons. The number of aromatic nitrogens is 1. The summed E-state index contributed by atoms with van der Waals surface area (Å²) < 4.78 is 17.8. The highest BCUT2D eigenvalue weighted by molar-refractivity contribution is 6.35. The van der Waals surface area contributed by atoms with Gasteiger partial charge in [0.2, 0.25) is 0 Å². The number of ether oxygens (including phenoxy) is 1. The van der Waals surface area contributed by atoms with Crippen molar-refractivity contribution in [3.8, 4) is 0 Å². The average Bonchev–Trinajstić information content (AvgIpc) is 2.27. The van der Waals surface area contributed by atoms with Gasteiger partial charge >= 0.3 is 5.97 Å². The number of carbonyl (C=O) groups is 1. The molecule has 5 heteroatoms. The number of hydrogen-bond donors (Lipinski definition) is 0. The predicted molar refractivity (Wildman–Crippen MR) is 58.1 cm³/mol. The lowest BCUT2D eigenvalue weighted by Crippen LogP contribution is -2.02. The van der Waals surface area contributed by atoms with E-state index in [4.69, 9.17) is 11.6 Å². The van der Waals surface area contributed by atoms with Gasteiger partial charge in [0.1, 0.15) is 5.82 Å². The van der Waals surface area contributed by atoms with Crippen LogP contribution in [0.3, 0.4) is 0 Å². The van der Waals surface area contributed by atoms with Crippen LogP contribution in [0.25, 0.3) is 10.9 Å². The van der Waals surface area contributed by atoms with E-state index in [9.17, 15) is 9.18 Å². The minimum Gasteiger partial charge on any atom is -0.465 e. The maximum atomic E-state index is 13.2. The van der Waals surface area contributed by atoms with Gasteiger partial charge in [-0.2, -0.15) is 0 Å². The standard InChI is InChI=1S/C11H7ClFNO2/c1-16-11(15)7-2-3-14-10-8(7)4-6(13)5-9(10)12/h2-5H,1H3. The summed E-state index contributed by atoms with van der Waals surface area (Å²) in [6.07, 6.45) is 1.43. The molecular weight excluding hydrogens is 233 g/mol. The van der Waals surface area contributed by atoms with E-state index in [2.05, 4.69) is 9.72 Å². The largest absolute Gasteiger partial charge is 0.465 e. The number of halogens is 2. The van der Waals surface area contributed by atoms with E-state index in [0.29, 0.717) is 10.9 Å². The molecule has 3 nitrogen and oxygen atoms in total. The molecule has 0 aliphatic rings. The van der Waals surface area contributed by atoms with Gasteiger partial charge in [-0.05, 0) is 18.2 Å². The van der Waals surface area contributed by atoms with Crippen molar-refractivity contribution in [2.24, 2.45) is 0 Å². The molecule has 2 aromatic rings. The number of fused-ring (bicyclic) bond motifs is 1. The topological polar surface area (TPSA) is 39.2 Å². The first-order valence-corrected chi connectivity index (χ1v) is 4.83. The molecule has 0 radical (unpaired) electrons. The lowest BCUT2D eigenvalue weighted by atomic mass is 10.1. The Kier molecular flexibility index (Phi) is 2.75. The van der Waals surface area contributed by atoms with Gasteiger partial charge in [0.25, 0.3) is 0 Å². The number of nitrogens with zero attached hydrogens (tertiary/aromatic N) is 1. The lowest BCUT2D eigenvalue weighted by Gasteiger charge is -2.05. The van der Waals surface area contributed by atoms with Crippen LogP contribution in [0.5, 0.6) is 0 Å². The van der Waals surface area contributed by atoms with Crippen molar-refractivity contribution >= 4 is 28.5 Å². The Morgan fingerprint density at radius 3 is 2.94 bits per heavy atom. The van der Waals surface area contributed by atoms with Gasteiger partial charge in [0.05, 0.1) is 23.2 Å². The van der Waals surface area contributed by atoms with Gasteiger partial charge in [0, 0.05) is 11.6 Å². The molecule has 0 amide bonds. The summed E-state index contributed by atoms with van der Waals surface area (Å²) in [6, 6.07) is 3.82. The average molecular weight is 240 g/mol. The Labute approximate surface area is 95.8 Å². The van der Waals surface area contributed by atoms with Gasteiger partial charge in [-0.25, -0.2) is 9.18 Å². The zero-order valence-corrected chi connectivity index (χ0v) is 9.08. The first kappa shape index (κ1) is 10.8. The van der Waals surface area contributed by atoms with Crippen molar-refractivity contribution in [1.82, 2.24) is 4.98 Å². The summed E-state index contributed by atoms with van der Waals surface area (Å²) in [7, 11) is 1.26. The lowest BCUT2D eigenvalue weighted by molar-refractivity contribution is 0.0603. The zero-order valence-electron chi connectivity index (χ0n) is 8.33. The second kappa shape index (κ2) is 4.06. The van der Waals surface area contributed by atoms with Crippen LogP contribution in [0.1, 0.15) is 10.4 Å². The van der Waals surface area contributed by atoms with Crippen molar-refractivity contribution in [2.45, 2.75) is 0 Å². The molecule has 1 aromatic heterocycles. The second-order valence-corrected chi connectivity index (χ2v) is 3.54. The fourth-order valence-corrected chi connectivity index (χ4v) is 1.72. The van der Waals surface area contributed by atoms with Crippen LogP contribution in [-0.4, -0.2) is 18.1 Å². The number of esters is 1. The van der Waals surface area contributed by atoms with Crippen LogP contribution in [0.2, 0.25) is 5.02 Å². The van der Waals surface area contributed by atoms with Gasteiger partial charge in [0.15, 0.2) is 0 Å². The van der Waals surface area contributed by atoms with Crippen molar-refractivity contribution in [3.05, 3.63) is 40.8 Å². The van der Waals surface area contributed by atoms with Crippen molar-refractivity contribution in [3.63, 3.8) is 0 Å². The normalized spacial score (nSPS) is 10.4. The van der Waals surface area contributed by atoms with Crippen molar-refractivity contribution in [1.29, 1.82) is 0 Å². The Hall–Kier alpha value is -1.68. The van der Waals surface area contributed by atoms with Gasteiger partial charge in [-0.1, -0.05) is 11.6 Å². The molecule has 0 fully saturated rings. The quantitative estimate of drug-likeness (QED) is 0.719. The highest BCUT2D eigenvalue weighted by Crippen LogP contribution is 2.25. The molecule has 0 bridgehead atoms. The van der Waals surface area contributed by atoms with Crippen LogP contribution in [0.15, 0.2) is 24.4 Å². The molecule has 0 aliphatic carbocycles. The summed E-state index contributed by atoms with van der Waals surface area (Å²) in [6.45, 7) is 0. The van der Waals surface area contributed by atoms with Crippen molar-refractivity contribution in [2.75, 3.05) is 7.11 Å². The fraction of sp³-hybridized carbons (Fsp3) is 0.0909. The molecule has 0 unspecified atom stereocenters. The third kappa shape index (κ3) is 1.72. The fourth-order valence-electron chi connectivity index (χ4n) is 1.47.